The number of fused-ring (bicyclic) bond motifs is 6. The molecule has 0 saturated carbocycles. The Kier molecular flexibility index (Phi) is 3.54. The van der Waals surface area contributed by atoms with Crippen LogP contribution in [0.2, 0.25) is 0 Å². The van der Waals surface area contributed by atoms with Crippen molar-refractivity contribution < 1.29 is 8.98 Å². The number of aryl methyl sites for hydroxylation is 3. The number of para-hydroxylation sites is 1. The average Bonchev–Trinajstić information content (AvgIpc) is 3.15. The van der Waals surface area contributed by atoms with E-state index in [-0.39, 0.29) is 0 Å². The lowest BCUT2D eigenvalue weighted by atomic mass is 9.93. The van der Waals surface area contributed by atoms with Crippen molar-refractivity contribution in [2.24, 2.45) is 7.05 Å². The van der Waals surface area contributed by atoms with Gasteiger partial charge in [0.2, 0.25) is 11.2 Å². The highest BCUT2D eigenvalue weighted by molar-refractivity contribution is 6.23. The molecule has 0 spiro atoms. The predicted molar refractivity (Wildman–Crippen MR) is 125 cm³/mol. The average molecular weight is 388 g/mol. The molecule has 0 fully saturated rings. The summed E-state index contributed by atoms with van der Waals surface area (Å²) in [5, 5.41) is 6.17. The highest BCUT2D eigenvalue weighted by Crippen LogP contribution is 2.42. The highest BCUT2D eigenvalue weighted by atomic mass is 16.3. The zero-order valence-corrected chi connectivity index (χ0v) is 17.4. The second-order valence-corrected chi connectivity index (χ2v) is 8.13. The van der Waals surface area contributed by atoms with Crippen LogP contribution in [0, 0.1) is 13.8 Å². The van der Waals surface area contributed by atoms with Crippen LogP contribution >= 0.6 is 0 Å². The van der Waals surface area contributed by atoms with Gasteiger partial charge < -0.3 is 4.42 Å². The highest BCUT2D eigenvalue weighted by Gasteiger charge is 2.24. The molecular weight excluding hydrogens is 366 g/mol. The van der Waals surface area contributed by atoms with E-state index in [2.05, 4.69) is 98.3 Å². The van der Waals surface area contributed by atoms with Gasteiger partial charge in [-0.15, -0.1) is 0 Å². The van der Waals surface area contributed by atoms with Gasteiger partial charge in [0.25, 0.3) is 0 Å². The van der Waals surface area contributed by atoms with Crippen molar-refractivity contribution in [3.05, 3.63) is 90.0 Å². The Morgan fingerprint density at radius 3 is 2.23 bits per heavy atom. The van der Waals surface area contributed by atoms with E-state index in [0.29, 0.717) is 0 Å². The fourth-order valence-electron chi connectivity index (χ4n) is 4.96. The maximum absolute atomic E-state index is 6.50. The molecule has 2 nitrogen and oxygen atoms in total. The molecule has 0 aliphatic heterocycles. The zero-order chi connectivity index (χ0) is 20.4. The van der Waals surface area contributed by atoms with E-state index in [0.717, 1.165) is 11.2 Å². The van der Waals surface area contributed by atoms with E-state index in [1.54, 1.807) is 0 Å². The van der Waals surface area contributed by atoms with Crippen LogP contribution < -0.4 is 4.57 Å². The molecule has 6 aromatic rings. The summed E-state index contributed by atoms with van der Waals surface area (Å²) in [6, 6.07) is 28.0. The topological polar surface area (TPSA) is 17.0 Å². The van der Waals surface area contributed by atoms with Crippen LogP contribution in [0.3, 0.4) is 0 Å². The Morgan fingerprint density at radius 2 is 1.40 bits per heavy atom. The summed E-state index contributed by atoms with van der Waals surface area (Å²) in [6.45, 7) is 4.38. The molecule has 0 aliphatic carbocycles. The molecule has 30 heavy (non-hydrogen) atoms. The van der Waals surface area contributed by atoms with Crippen molar-refractivity contribution >= 4 is 43.6 Å². The molecule has 0 aliphatic rings. The van der Waals surface area contributed by atoms with Gasteiger partial charge in [0, 0.05) is 28.3 Å². The van der Waals surface area contributed by atoms with Gasteiger partial charge in [-0.1, -0.05) is 54.6 Å². The SMILES string of the molecule is Cc1c(-c2ccc3c(C)cccc3[n+]2C)c2oc3ccccc3c2c2ccccc12. The van der Waals surface area contributed by atoms with Crippen molar-refractivity contribution in [1.29, 1.82) is 0 Å². The molecule has 0 bridgehead atoms. The monoisotopic (exact) mass is 388 g/mol. The Morgan fingerprint density at radius 1 is 0.667 bits per heavy atom. The maximum Gasteiger partial charge on any atom is 0.216 e. The second-order valence-electron chi connectivity index (χ2n) is 8.13. The maximum atomic E-state index is 6.50. The van der Waals surface area contributed by atoms with E-state index < -0.39 is 0 Å². The molecule has 0 N–H and O–H groups in total. The first-order valence-electron chi connectivity index (χ1n) is 10.4. The van der Waals surface area contributed by atoms with E-state index >= 15 is 0 Å². The van der Waals surface area contributed by atoms with E-state index in [1.165, 1.54) is 54.8 Å². The predicted octanol–water partition coefficient (Wildman–Crippen LogP) is 7.00. The minimum atomic E-state index is 0.934. The standard InChI is InChI=1S/C28H22NO/c1-17-9-8-13-23-19(17)15-16-24(29(23)3)26-18(2)20-10-4-5-11-21(20)27-22-12-6-7-14-25(22)30-28(26)27/h4-16H,1-3H3/q+1. The molecule has 6 rings (SSSR count). The third-order valence-electron chi connectivity index (χ3n) is 6.49. The molecule has 2 heteroatoms. The minimum absolute atomic E-state index is 0.934. The number of furan rings is 1. The van der Waals surface area contributed by atoms with Crippen molar-refractivity contribution in [1.82, 2.24) is 0 Å². The van der Waals surface area contributed by atoms with Crippen LogP contribution in [0.15, 0.2) is 83.3 Å². The smallest absolute Gasteiger partial charge is 0.216 e. The number of aromatic nitrogens is 1. The van der Waals surface area contributed by atoms with Gasteiger partial charge in [-0.3, -0.25) is 0 Å². The molecule has 2 aromatic heterocycles. The summed E-state index contributed by atoms with van der Waals surface area (Å²) >= 11 is 0. The summed E-state index contributed by atoms with van der Waals surface area (Å²) in [4.78, 5) is 0. The van der Waals surface area contributed by atoms with Crippen LogP contribution in [-0.2, 0) is 7.05 Å². The van der Waals surface area contributed by atoms with Crippen molar-refractivity contribution in [3.8, 4) is 11.3 Å². The first-order valence-corrected chi connectivity index (χ1v) is 10.4. The van der Waals surface area contributed by atoms with Gasteiger partial charge in [0.15, 0.2) is 0 Å². The molecule has 144 valence electrons. The van der Waals surface area contributed by atoms with Crippen LogP contribution in [0.4, 0.5) is 0 Å². The first kappa shape index (κ1) is 17.2. The number of hydrogen-bond acceptors (Lipinski definition) is 1. The number of benzene rings is 4. The summed E-state index contributed by atoms with van der Waals surface area (Å²) in [7, 11) is 2.15. The van der Waals surface area contributed by atoms with Crippen LogP contribution in [0.25, 0.3) is 54.9 Å². The fourth-order valence-corrected chi connectivity index (χ4v) is 4.96. The fraction of sp³-hybridized carbons (Fsp3) is 0.107. The van der Waals surface area contributed by atoms with Crippen LogP contribution in [0.5, 0.6) is 0 Å². The number of pyridine rings is 1. The van der Waals surface area contributed by atoms with E-state index in [9.17, 15) is 0 Å². The lowest BCUT2D eigenvalue weighted by Gasteiger charge is -2.11. The number of hydrogen-bond donors (Lipinski definition) is 0. The minimum Gasteiger partial charge on any atom is -0.455 e. The zero-order valence-electron chi connectivity index (χ0n) is 17.4. The van der Waals surface area contributed by atoms with Gasteiger partial charge in [0.1, 0.15) is 18.2 Å². The molecule has 0 amide bonds. The summed E-state index contributed by atoms with van der Waals surface area (Å²) in [6.07, 6.45) is 0. The molecule has 4 aromatic carbocycles. The molecule has 0 saturated heterocycles. The second kappa shape index (κ2) is 6.17. The normalized spacial score (nSPS) is 11.8. The quantitative estimate of drug-likeness (QED) is 0.277. The third kappa shape index (κ3) is 2.22. The van der Waals surface area contributed by atoms with E-state index in [4.69, 9.17) is 4.42 Å². The molecular formula is C28H22NO+. The first-order chi connectivity index (χ1) is 14.6. The lowest BCUT2D eigenvalue weighted by Crippen LogP contribution is -2.32. The van der Waals surface area contributed by atoms with Gasteiger partial charge in [0.05, 0.1) is 5.56 Å². The Hall–Kier alpha value is -3.65. The summed E-state index contributed by atoms with van der Waals surface area (Å²) < 4.78 is 8.80. The molecule has 0 unspecified atom stereocenters. The van der Waals surface area contributed by atoms with Gasteiger partial charge in [-0.2, -0.15) is 4.57 Å². The molecule has 2 heterocycles. The van der Waals surface area contributed by atoms with Crippen LogP contribution in [0.1, 0.15) is 11.1 Å². The number of rotatable bonds is 1. The van der Waals surface area contributed by atoms with Gasteiger partial charge >= 0.3 is 0 Å². The van der Waals surface area contributed by atoms with Gasteiger partial charge in [-0.05, 0) is 47.9 Å². The Labute approximate surface area is 175 Å². The largest absolute Gasteiger partial charge is 0.455 e. The number of nitrogens with zero attached hydrogens (tertiary/aromatic N) is 1. The summed E-state index contributed by atoms with van der Waals surface area (Å²) in [5.74, 6) is 0. The molecule has 0 atom stereocenters. The van der Waals surface area contributed by atoms with Crippen LogP contribution in [-0.4, -0.2) is 0 Å². The lowest BCUT2D eigenvalue weighted by molar-refractivity contribution is -0.633. The Bertz CT molecular complexity index is 1620. The van der Waals surface area contributed by atoms with Crippen molar-refractivity contribution in [3.63, 3.8) is 0 Å². The van der Waals surface area contributed by atoms with Crippen molar-refractivity contribution in [2.45, 2.75) is 13.8 Å². The summed E-state index contributed by atoms with van der Waals surface area (Å²) in [5.41, 5.74) is 8.01. The third-order valence-corrected chi connectivity index (χ3v) is 6.49. The van der Waals surface area contributed by atoms with Gasteiger partial charge in [-0.25, -0.2) is 0 Å². The van der Waals surface area contributed by atoms with E-state index in [1.807, 2.05) is 6.07 Å². The molecule has 0 radical (unpaired) electrons. The Balaban J connectivity index is 1.85. The van der Waals surface area contributed by atoms with Crippen molar-refractivity contribution in [2.75, 3.05) is 0 Å².